The largest absolute Gasteiger partial charge is 0.496 e. The smallest absolute Gasteiger partial charge is 0.338 e. The molecule has 0 fully saturated rings. The molecule has 45 heavy (non-hydrogen) atoms. The van der Waals surface area contributed by atoms with Gasteiger partial charge in [0.05, 0.1) is 41.2 Å². The van der Waals surface area contributed by atoms with Gasteiger partial charge in [-0.15, -0.1) is 0 Å². The number of aromatic nitrogens is 1. The number of methoxy groups -OCH3 is 1. The molecule has 11 heteroatoms. The first-order valence-electron chi connectivity index (χ1n) is 14.2. The van der Waals surface area contributed by atoms with Crippen molar-refractivity contribution < 1.29 is 19.0 Å². The number of ether oxygens (including phenoxy) is 3. The molecule has 0 spiro atoms. The fraction of sp³-hybridized carbons (Fsp3) is 0.235. The summed E-state index contributed by atoms with van der Waals surface area (Å²) in [5, 5.41) is 9.97. The highest BCUT2D eigenvalue weighted by Crippen LogP contribution is 2.38. The second-order valence-electron chi connectivity index (χ2n) is 10.1. The first-order valence-corrected chi connectivity index (χ1v) is 15.8. The molecule has 230 valence electrons. The lowest BCUT2D eigenvalue weighted by atomic mass is 9.93. The highest BCUT2D eigenvalue weighted by atomic mass is 35.5. The lowest BCUT2D eigenvalue weighted by molar-refractivity contribution is -0.139. The van der Waals surface area contributed by atoms with Gasteiger partial charge in [0.1, 0.15) is 24.1 Å². The summed E-state index contributed by atoms with van der Waals surface area (Å²) in [6, 6.07) is 18.6. The van der Waals surface area contributed by atoms with Gasteiger partial charge < -0.3 is 14.2 Å². The predicted octanol–water partition coefficient (Wildman–Crippen LogP) is 6.34. The van der Waals surface area contributed by atoms with Crippen LogP contribution in [0.1, 0.15) is 55.0 Å². The number of rotatable bonds is 10. The number of allylic oxidation sites excluding steroid dienone is 1. The van der Waals surface area contributed by atoms with Gasteiger partial charge >= 0.3 is 5.97 Å². The summed E-state index contributed by atoms with van der Waals surface area (Å²) in [5.74, 6) is 0.424. The number of hydrogen-bond acceptors (Lipinski definition) is 8. The maximum Gasteiger partial charge on any atom is 0.338 e. The third-order valence-corrected chi connectivity index (χ3v) is 8.57. The van der Waals surface area contributed by atoms with Crippen LogP contribution in [0.25, 0.3) is 6.08 Å². The van der Waals surface area contributed by atoms with E-state index < -0.39 is 12.0 Å². The molecule has 5 rings (SSSR count). The molecule has 1 atom stereocenters. The Bertz CT molecular complexity index is 2010. The highest BCUT2D eigenvalue weighted by molar-refractivity contribution is 7.07. The zero-order chi connectivity index (χ0) is 32.1. The van der Waals surface area contributed by atoms with Gasteiger partial charge in [-0.1, -0.05) is 60.0 Å². The molecule has 8 nitrogen and oxygen atoms in total. The Morgan fingerprint density at radius 3 is 2.44 bits per heavy atom. The van der Waals surface area contributed by atoms with Crippen molar-refractivity contribution >= 4 is 46.6 Å². The molecule has 0 unspecified atom stereocenters. The molecule has 0 radical (unpaired) electrons. The monoisotopic (exact) mass is 661 g/mol. The standard InChI is InChI=1S/C34H29Cl2N3O5S/c1-4-6-26-30(33(41)43-5-2)31(25-17-24(36)12-14-28(25)42-3)39-32(40)29(45-34(39)38-26)16-22-15-23(35)11-13-27(22)44-19-21-9-7-20(18-37)8-10-21/h7-17,31H,4-6,19H2,1-3H3/b29-16+/t31-/m1/s1. The number of carbonyl (C=O) groups is 1. The average Bonchev–Trinajstić information content (AvgIpc) is 3.34. The molecular weight excluding hydrogens is 633 g/mol. The normalized spacial score (nSPS) is 14.4. The van der Waals surface area contributed by atoms with E-state index in [4.69, 9.17) is 47.7 Å². The molecule has 3 aromatic carbocycles. The Balaban J connectivity index is 1.67. The molecule has 1 aromatic heterocycles. The first kappa shape index (κ1) is 32.0. The summed E-state index contributed by atoms with van der Waals surface area (Å²) >= 11 is 14.0. The Morgan fingerprint density at radius 2 is 1.78 bits per heavy atom. The van der Waals surface area contributed by atoms with Crippen LogP contribution in [0.4, 0.5) is 0 Å². The molecule has 0 amide bonds. The second-order valence-corrected chi connectivity index (χ2v) is 12.0. The minimum Gasteiger partial charge on any atom is -0.496 e. The van der Waals surface area contributed by atoms with E-state index >= 15 is 0 Å². The van der Waals surface area contributed by atoms with Crippen molar-refractivity contribution in [2.75, 3.05) is 13.7 Å². The minimum absolute atomic E-state index is 0.158. The van der Waals surface area contributed by atoms with E-state index in [2.05, 4.69) is 6.07 Å². The number of fused-ring (bicyclic) bond motifs is 1. The quantitative estimate of drug-likeness (QED) is 0.184. The van der Waals surface area contributed by atoms with E-state index in [1.54, 1.807) is 61.5 Å². The predicted molar refractivity (Wildman–Crippen MR) is 175 cm³/mol. The number of thiazole rings is 1. The van der Waals surface area contributed by atoms with Crippen LogP contribution in [-0.4, -0.2) is 24.3 Å². The third kappa shape index (κ3) is 6.84. The van der Waals surface area contributed by atoms with Gasteiger partial charge in [0.15, 0.2) is 4.80 Å². The molecule has 1 aliphatic heterocycles. The molecule has 2 heterocycles. The topological polar surface area (TPSA) is 103 Å². The van der Waals surface area contributed by atoms with Gasteiger partial charge in [0.25, 0.3) is 5.56 Å². The summed E-state index contributed by atoms with van der Waals surface area (Å²) in [4.78, 5) is 33.0. The second kappa shape index (κ2) is 14.2. The number of hydrogen-bond donors (Lipinski definition) is 0. The Morgan fingerprint density at radius 1 is 1.07 bits per heavy atom. The van der Waals surface area contributed by atoms with Crippen molar-refractivity contribution in [2.45, 2.75) is 39.3 Å². The number of nitrogens with zero attached hydrogens (tertiary/aromatic N) is 3. The van der Waals surface area contributed by atoms with Crippen LogP contribution in [-0.2, 0) is 16.1 Å². The number of carbonyl (C=O) groups excluding carboxylic acids is 1. The maximum absolute atomic E-state index is 14.2. The highest BCUT2D eigenvalue weighted by Gasteiger charge is 2.36. The summed E-state index contributed by atoms with van der Waals surface area (Å²) < 4.78 is 19.1. The van der Waals surface area contributed by atoms with Crippen LogP contribution < -0.4 is 24.4 Å². The number of halogens is 2. The van der Waals surface area contributed by atoms with E-state index in [1.807, 2.05) is 19.1 Å². The van der Waals surface area contributed by atoms with E-state index in [1.165, 1.54) is 23.0 Å². The van der Waals surface area contributed by atoms with Crippen molar-refractivity contribution in [1.29, 1.82) is 5.26 Å². The Hall–Kier alpha value is -4.36. The molecule has 0 N–H and O–H groups in total. The average molecular weight is 663 g/mol. The molecule has 0 saturated carbocycles. The Kier molecular flexibility index (Phi) is 10.1. The Labute approximate surface area is 274 Å². The molecule has 0 aliphatic carbocycles. The molecule has 0 saturated heterocycles. The number of nitriles is 1. The van der Waals surface area contributed by atoms with Gasteiger partial charge in [-0.2, -0.15) is 5.26 Å². The van der Waals surface area contributed by atoms with Crippen LogP contribution >= 0.6 is 34.5 Å². The van der Waals surface area contributed by atoms with E-state index in [-0.39, 0.29) is 24.3 Å². The van der Waals surface area contributed by atoms with Gasteiger partial charge in [0.2, 0.25) is 0 Å². The zero-order valence-electron chi connectivity index (χ0n) is 24.8. The van der Waals surface area contributed by atoms with Crippen molar-refractivity contribution in [2.24, 2.45) is 4.99 Å². The van der Waals surface area contributed by atoms with E-state index in [0.29, 0.717) is 59.7 Å². The van der Waals surface area contributed by atoms with Gasteiger partial charge in [-0.3, -0.25) is 9.36 Å². The zero-order valence-corrected chi connectivity index (χ0v) is 27.1. The van der Waals surface area contributed by atoms with Crippen LogP contribution in [0.5, 0.6) is 11.5 Å². The third-order valence-electron chi connectivity index (χ3n) is 7.11. The van der Waals surface area contributed by atoms with Crippen molar-refractivity contribution in [1.82, 2.24) is 4.57 Å². The molecule has 0 bridgehead atoms. The van der Waals surface area contributed by atoms with Crippen molar-refractivity contribution in [3.05, 3.63) is 124 Å². The summed E-state index contributed by atoms with van der Waals surface area (Å²) in [6.45, 7) is 4.13. The molecule has 1 aliphatic rings. The number of esters is 1. The van der Waals surface area contributed by atoms with E-state index in [0.717, 1.165) is 12.0 Å². The van der Waals surface area contributed by atoms with Gasteiger partial charge in [-0.05, 0) is 73.5 Å². The fourth-order valence-electron chi connectivity index (χ4n) is 5.08. The van der Waals surface area contributed by atoms with Gasteiger partial charge in [-0.25, -0.2) is 9.79 Å². The van der Waals surface area contributed by atoms with Crippen LogP contribution in [0, 0.1) is 11.3 Å². The van der Waals surface area contributed by atoms with Crippen LogP contribution in [0.3, 0.4) is 0 Å². The lowest BCUT2D eigenvalue weighted by Crippen LogP contribution is -2.40. The SMILES string of the molecule is CCCC1=C(C(=O)OCC)[C@@H](c2cc(Cl)ccc2OC)n2c(s/c(=C/c3cc(Cl)ccc3OCc3ccc(C#N)cc3)c2=O)=N1. The van der Waals surface area contributed by atoms with E-state index in [9.17, 15) is 9.59 Å². The van der Waals surface area contributed by atoms with Crippen LogP contribution in [0.2, 0.25) is 10.0 Å². The fourth-order valence-corrected chi connectivity index (χ4v) is 6.45. The summed E-state index contributed by atoms with van der Waals surface area (Å²) in [7, 11) is 1.52. The number of benzene rings is 3. The summed E-state index contributed by atoms with van der Waals surface area (Å²) in [6.07, 6.45) is 2.93. The van der Waals surface area contributed by atoms with Crippen molar-refractivity contribution in [3.63, 3.8) is 0 Å². The molecular formula is C34H29Cl2N3O5S. The lowest BCUT2D eigenvalue weighted by Gasteiger charge is -2.27. The maximum atomic E-state index is 14.2. The van der Waals surface area contributed by atoms with Crippen molar-refractivity contribution in [3.8, 4) is 17.6 Å². The first-order chi connectivity index (χ1) is 21.8. The summed E-state index contributed by atoms with van der Waals surface area (Å²) in [5.41, 5.74) is 3.02. The molecule has 4 aromatic rings. The minimum atomic E-state index is -0.885. The van der Waals surface area contributed by atoms with Crippen LogP contribution in [0.15, 0.2) is 81.7 Å². The van der Waals surface area contributed by atoms with Gasteiger partial charge in [0, 0.05) is 21.2 Å².